The second-order valence-corrected chi connectivity index (χ2v) is 7.54. The minimum absolute atomic E-state index is 0.343. The molecule has 2 heterocycles. The van der Waals surface area contributed by atoms with E-state index in [0.29, 0.717) is 5.88 Å². The molecule has 0 saturated heterocycles. The van der Waals surface area contributed by atoms with Gasteiger partial charge in [0, 0.05) is 4.47 Å². The van der Waals surface area contributed by atoms with Crippen LogP contribution >= 0.6 is 43.2 Å². The van der Waals surface area contributed by atoms with E-state index in [2.05, 4.69) is 37.0 Å². The molecular formula is C14H10Br2N2OS. The van der Waals surface area contributed by atoms with Gasteiger partial charge in [0.2, 0.25) is 5.88 Å². The zero-order valence-corrected chi connectivity index (χ0v) is 14.5. The lowest BCUT2D eigenvalue weighted by molar-refractivity contribution is 0.439. The van der Waals surface area contributed by atoms with Gasteiger partial charge in [0.25, 0.3) is 0 Å². The summed E-state index contributed by atoms with van der Waals surface area (Å²) < 4.78 is 7.23. The fraction of sp³-hybridized carbons (Fsp3) is 0.0714. The first-order valence-corrected chi connectivity index (χ1v) is 8.24. The molecule has 6 heteroatoms. The summed E-state index contributed by atoms with van der Waals surface area (Å²) in [5, 5.41) is 4.13. The van der Waals surface area contributed by atoms with Crippen molar-refractivity contribution in [3.8, 4) is 21.7 Å². The van der Waals surface area contributed by atoms with Crippen LogP contribution in [0.3, 0.4) is 0 Å². The summed E-state index contributed by atoms with van der Waals surface area (Å²) in [6, 6.07) is 10.1. The van der Waals surface area contributed by atoms with E-state index >= 15 is 0 Å². The summed E-state index contributed by atoms with van der Waals surface area (Å²) >= 11 is 8.57. The van der Waals surface area contributed by atoms with Crippen molar-refractivity contribution in [1.82, 2.24) is 5.16 Å². The molecule has 0 bridgehead atoms. The normalized spacial score (nSPS) is 10.9. The smallest absolute Gasteiger partial charge is 0.230 e. The molecule has 0 spiro atoms. The summed E-state index contributed by atoms with van der Waals surface area (Å²) in [5.41, 5.74) is 9.78. The molecule has 0 amide bonds. The van der Waals surface area contributed by atoms with Gasteiger partial charge in [0.1, 0.15) is 5.69 Å². The maximum absolute atomic E-state index is 5.98. The number of anilines is 1. The number of halogens is 2. The number of hydrogen-bond acceptors (Lipinski definition) is 4. The summed E-state index contributed by atoms with van der Waals surface area (Å²) in [5.74, 6) is 0.343. The molecule has 20 heavy (non-hydrogen) atoms. The Bertz CT molecular complexity index is 760. The van der Waals surface area contributed by atoms with Gasteiger partial charge in [-0.2, -0.15) is 0 Å². The van der Waals surface area contributed by atoms with Crippen LogP contribution in [0.2, 0.25) is 0 Å². The summed E-state index contributed by atoms with van der Waals surface area (Å²) in [6.45, 7) is 2.05. The molecule has 0 aliphatic carbocycles. The zero-order valence-electron chi connectivity index (χ0n) is 10.5. The van der Waals surface area contributed by atoms with Crippen LogP contribution in [-0.4, -0.2) is 5.16 Å². The van der Waals surface area contributed by atoms with Gasteiger partial charge in [-0.25, -0.2) is 0 Å². The van der Waals surface area contributed by atoms with E-state index in [4.69, 9.17) is 10.3 Å². The van der Waals surface area contributed by atoms with Gasteiger partial charge < -0.3 is 10.3 Å². The molecule has 0 fully saturated rings. The lowest BCUT2D eigenvalue weighted by Crippen LogP contribution is -1.89. The number of nitrogens with zero attached hydrogens (tertiary/aromatic N) is 1. The molecule has 0 radical (unpaired) electrons. The average molecular weight is 414 g/mol. The zero-order chi connectivity index (χ0) is 14.3. The van der Waals surface area contributed by atoms with Crippen molar-refractivity contribution in [1.29, 1.82) is 0 Å². The predicted octanol–water partition coefficient (Wildman–Crippen LogP) is 5.49. The van der Waals surface area contributed by atoms with Gasteiger partial charge in [-0.3, -0.25) is 0 Å². The molecular weight excluding hydrogens is 404 g/mol. The molecule has 0 unspecified atom stereocenters. The van der Waals surface area contributed by atoms with Gasteiger partial charge in [0.15, 0.2) is 0 Å². The molecule has 0 aliphatic heterocycles. The Labute approximate surface area is 137 Å². The number of nitrogen functional groups attached to an aromatic ring is 1. The van der Waals surface area contributed by atoms with Crippen LogP contribution in [0, 0.1) is 6.92 Å². The third-order valence-corrected chi connectivity index (χ3v) is 6.27. The lowest BCUT2D eigenvalue weighted by Gasteiger charge is -2.04. The second-order valence-electron chi connectivity index (χ2n) is 4.32. The standard InChI is InChI=1S/C14H10Br2N2OS/c1-7-4-2-3-5-8(7)11-12(18-19-14(11)17)10-6-9(15)13(16)20-10/h2-6H,17H2,1H3. The van der Waals surface area contributed by atoms with Gasteiger partial charge in [0.05, 0.1) is 14.2 Å². The van der Waals surface area contributed by atoms with Gasteiger partial charge in [-0.05, 0) is 56.0 Å². The van der Waals surface area contributed by atoms with Crippen molar-refractivity contribution in [2.24, 2.45) is 0 Å². The van der Waals surface area contributed by atoms with Crippen molar-refractivity contribution in [2.45, 2.75) is 6.92 Å². The number of aryl methyl sites for hydroxylation is 1. The number of rotatable bonds is 2. The van der Waals surface area contributed by atoms with Crippen LogP contribution in [0.1, 0.15) is 5.56 Å². The first kappa shape index (κ1) is 13.9. The predicted molar refractivity (Wildman–Crippen MR) is 89.8 cm³/mol. The van der Waals surface area contributed by atoms with Crippen LogP contribution in [0.4, 0.5) is 5.88 Å². The van der Waals surface area contributed by atoms with Crippen molar-refractivity contribution in [3.05, 3.63) is 44.2 Å². The highest BCUT2D eigenvalue weighted by Gasteiger charge is 2.20. The van der Waals surface area contributed by atoms with E-state index < -0.39 is 0 Å². The van der Waals surface area contributed by atoms with Gasteiger partial charge in [-0.1, -0.05) is 29.4 Å². The van der Waals surface area contributed by atoms with E-state index in [-0.39, 0.29) is 0 Å². The van der Waals surface area contributed by atoms with Crippen LogP contribution < -0.4 is 5.73 Å². The molecule has 2 aromatic heterocycles. The third-order valence-electron chi connectivity index (χ3n) is 3.01. The molecule has 1 aromatic carbocycles. The molecule has 0 atom stereocenters. The highest BCUT2D eigenvalue weighted by Crippen LogP contribution is 2.43. The van der Waals surface area contributed by atoms with Crippen LogP contribution in [0.25, 0.3) is 21.7 Å². The maximum Gasteiger partial charge on any atom is 0.230 e. The SMILES string of the molecule is Cc1ccccc1-c1c(-c2cc(Br)c(Br)s2)noc1N. The first-order valence-electron chi connectivity index (χ1n) is 5.84. The molecule has 3 aromatic rings. The average Bonchev–Trinajstić information content (AvgIpc) is 2.94. The van der Waals surface area contributed by atoms with Crippen molar-refractivity contribution in [3.63, 3.8) is 0 Å². The summed E-state index contributed by atoms with van der Waals surface area (Å²) in [6.07, 6.45) is 0. The fourth-order valence-electron chi connectivity index (χ4n) is 2.05. The number of hydrogen-bond donors (Lipinski definition) is 1. The minimum atomic E-state index is 0.343. The molecule has 3 nitrogen and oxygen atoms in total. The van der Waals surface area contributed by atoms with E-state index in [1.165, 1.54) is 0 Å². The van der Waals surface area contributed by atoms with E-state index in [1.807, 2.05) is 37.3 Å². The monoisotopic (exact) mass is 412 g/mol. The molecule has 102 valence electrons. The topological polar surface area (TPSA) is 52.0 Å². The van der Waals surface area contributed by atoms with Crippen molar-refractivity contribution < 1.29 is 4.52 Å². The number of aromatic nitrogens is 1. The Balaban J connectivity index is 2.23. The first-order chi connectivity index (χ1) is 9.58. The highest BCUT2D eigenvalue weighted by atomic mass is 79.9. The minimum Gasteiger partial charge on any atom is -0.367 e. The summed E-state index contributed by atoms with van der Waals surface area (Å²) in [4.78, 5) is 1.00. The number of nitrogens with two attached hydrogens (primary N) is 1. The molecule has 0 aliphatic rings. The summed E-state index contributed by atoms with van der Waals surface area (Å²) in [7, 11) is 0. The Morgan fingerprint density at radius 3 is 2.65 bits per heavy atom. The fourth-order valence-corrected chi connectivity index (χ4v) is 4.07. The Hall–Kier alpha value is -1.11. The largest absolute Gasteiger partial charge is 0.367 e. The van der Waals surface area contributed by atoms with Crippen LogP contribution in [0.15, 0.2) is 43.1 Å². The Morgan fingerprint density at radius 1 is 1.25 bits per heavy atom. The Morgan fingerprint density at radius 2 is 2.00 bits per heavy atom. The quantitative estimate of drug-likeness (QED) is 0.604. The highest BCUT2D eigenvalue weighted by molar-refractivity contribution is 9.13. The van der Waals surface area contributed by atoms with E-state index in [9.17, 15) is 0 Å². The van der Waals surface area contributed by atoms with E-state index in [1.54, 1.807) is 11.3 Å². The maximum atomic E-state index is 5.98. The van der Waals surface area contributed by atoms with Crippen LogP contribution in [0.5, 0.6) is 0 Å². The van der Waals surface area contributed by atoms with Crippen molar-refractivity contribution >= 4 is 49.1 Å². The van der Waals surface area contributed by atoms with E-state index in [0.717, 1.165) is 35.5 Å². The van der Waals surface area contributed by atoms with Crippen molar-refractivity contribution in [2.75, 3.05) is 5.73 Å². The second kappa shape index (κ2) is 5.35. The van der Waals surface area contributed by atoms with Gasteiger partial charge in [-0.15, -0.1) is 11.3 Å². The number of benzene rings is 1. The van der Waals surface area contributed by atoms with Crippen LogP contribution in [-0.2, 0) is 0 Å². The molecule has 2 N–H and O–H groups in total. The number of thiophene rings is 1. The lowest BCUT2D eigenvalue weighted by atomic mass is 10.00. The third kappa shape index (κ3) is 2.32. The molecule has 3 rings (SSSR count). The van der Waals surface area contributed by atoms with Gasteiger partial charge >= 0.3 is 0 Å². The Kier molecular flexibility index (Phi) is 3.70. The molecule has 0 saturated carbocycles.